The Morgan fingerprint density at radius 1 is 1.00 bits per heavy atom. The van der Waals surface area contributed by atoms with E-state index in [4.69, 9.17) is 0 Å². The summed E-state index contributed by atoms with van der Waals surface area (Å²) in [4.78, 5) is 8.23. The topological polar surface area (TPSA) is 39.6 Å². The second-order valence-electron chi connectivity index (χ2n) is 5.87. The van der Waals surface area contributed by atoms with Gasteiger partial charge in [-0.3, -0.25) is 4.98 Å². The van der Waals surface area contributed by atoms with Gasteiger partial charge in [-0.25, -0.2) is 0 Å². The van der Waals surface area contributed by atoms with Crippen LogP contribution in [0.4, 0.5) is 5.69 Å². The Kier molecular flexibility index (Phi) is 5.92. The fourth-order valence-electron chi connectivity index (χ4n) is 2.36. The zero-order valence-electron chi connectivity index (χ0n) is 13.6. The van der Waals surface area contributed by atoms with E-state index < -0.39 is 6.10 Å². The fourth-order valence-corrected chi connectivity index (χ4v) is 2.36. The minimum atomic E-state index is -0.460. The molecule has 1 atom stereocenters. The molecule has 2 aromatic rings. The van der Waals surface area contributed by atoms with Gasteiger partial charge in [-0.05, 0) is 48.9 Å². The number of rotatable bonds is 7. The molecule has 1 aromatic heterocycles. The quantitative estimate of drug-likeness (QED) is 0.852. The maximum absolute atomic E-state index is 10.4. The fraction of sp³-hybridized carbons (Fsp3) is 0.389. The van der Waals surface area contributed by atoms with Crippen LogP contribution in [0.1, 0.15) is 17.2 Å². The van der Waals surface area contributed by atoms with Crippen LogP contribution < -0.4 is 4.90 Å². The second-order valence-corrected chi connectivity index (χ2v) is 5.87. The van der Waals surface area contributed by atoms with Gasteiger partial charge in [0.05, 0.1) is 6.10 Å². The summed E-state index contributed by atoms with van der Waals surface area (Å²) < 4.78 is 0. The van der Waals surface area contributed by atoms with E-state index in [9.17, 15) is 5.11 Å². The number of anilines is 1. The van der Waals surface area contributed by atoms with Gasteiger partial charge in [-0.1, -0.05) is 12.1 Å². The minimum absolute atomic E-state index is 0.460. The molecule has 0 amide bonds. The Labute approximate surface area is 133 Å². The summed E-state index contributed by atoms with van der Waals surface area (Å²) in [7, 11) is 6.06. The number of likely N-dealkylation sites (N-methyl/N-ethyl adjacent to an activating group) is 1. The molecule has 4 nitrogen and oxygen atoms in total. The number of nitrogens with zero attached hydrogens (tertiary/aromatic N) is 3. The third-order valence-corrected chi connectivity index (χ3v) is 3.81. The maximum atomic E-state index is 10.4. The molecule has 0 spiro atoms. The Morgan fingerprint density at radius 3 is 2.23 bits per heavy atom. The van der Waals surface area contributed by atoms with E-state index in [-0.39, 0.29) is 0 Å². The monoisotopic (exact) mass is 299 g/mol. The number of pyridine rings is 1. The number of hydrogen-bond donors (Lipinski definition) is 1. The van der Waals surface area contributed by atoms with Gasteiger partial charge in [-0.15, -0.1) is 0 Å². The second kappa shape index (κ2) is 7.92. The van der Waals surface area contributed by atoms with Gasteiger partial charge >= 0.3 is 0 Å². The molecule has 1 heterocycles. The first-order valence-electron chi connectivity index (χ1n) is 7.59. The number of aliphatic hydroxyl groups excluding tert-OH is 1. The van der Waals surface area contributed by atoms with E-state index >= 15 is 0 Å². The van der Waals surface area contributed by atoms with Crippen LogP contribution in [0, 0.1) is 0 Å². The van der Waals surface area contributed by atoms with Gasteiger partial charge in [0.25, 0.3) is 0 Å². The largest absolute Gasteiger partial charge is 0.387 e. The number of aliphatic hydroxyl groups is 1. The van der Waals surface area contributed by atoms with Crippen molar-refractivity contribution in [1.29, 1.82) is 0 Å². The number of benzene rings is 1. The van der Waals surface area contributed by atoms with Crippen LogP contribution in [0.15, 0.2) is 48.8 Å². The Hall–Kier alpha value is -1.91. The van der Waals surface area contributed by atoms with E-state index in [0.29, 0.717) is 6.54 Å². The van der Waals surface area contributed by atoms with Crippen molar-refractivity contribution in [2.75, 3.05) is 39.1 Å². The molecule has 1 N–H and O–H groups in total. The summed E-state index contributed by atoms with van der Waals surface area (Å²) in [6, 6.07) is 12.1. The van der Waals surface area contributed by atoms with E-state index in [1.54, 1.807) is 0 Å². The summed E-state index contributed by atoms with van der Waals surface area (Å²) in [6.07, 6.45) is 4.14. The molecular formula is C18H25N3O. The van der Waals surface area contributed by atoms with Gasteiger partial charge in [0, 0.05) is 45.3 Å². The Morgan fingerprint density at radius 2 is 1.64 bits per heavy atom. The zero-order valence-corrected chi connectivity index (χ0v) is 13.6. The lowest BCUT2D eigenvalue weighted by Gasteiger charge is -2.21. The smallest absolute Gasteiger partial charge is 0.0916 e. The maximum Gasteiger partial charge on any atom is 0.0916 e. The summed E-state index contributed by atoms with van der Waals surface area (Å²) in [5, 5.41) is 10.4. The molecule has 0 radical (unpaired) electrons. The number of hydrogen-bond acceptors (Lipinski definition) is 4. The summed E-state index contributed by atoms with van der Waals surface area (Å²) in [5.41, 5.74) is 3.37. The molecule has 0 saturated heterocycles. The Bertz CT molecular complexity index is 554. The molecular weight excluding hydrogens is 274 g/mol. The van der Waals surface area contributed by atoms with Gasteiger partial charge in [0.1, 0.15) is 0 Å². The van der Waals surface area contributed by atoms with Crippen molar-refractivity contribution in [3.8, 4) is 0 Å². The third kappa shape index (κ3) is 4.83. The predicted octanol–water partition coefficient (Wildman–Crippen LogP) is 2.36. The van der Waals surface area contributed by atoms with Gasteiger partial charge in [0.2, 0.25) is 0 Å². The molecule has 2 rings (SSSR count). The minimum Gasteiger partial charge on any atom is -0.387 e. The van der Waals surface area contributed by atoms with Crippen LogP contribution in [0.3, 0.4) is 0 Å². The molecule has 0 saturated carbocycles. The van der Waals surface area contributed by atoms with Gasteiger partial charge in [0.15, 0.2) is 0 Å². The van der Waals surface area contributed by atoms with E-state index in [1.807, 2.05) is 69.9 Å². The first-order valence-corrected chi connectivity index (χ1v) is 7.59. The van der Waals surface area contributed by atoms with Crippen LogP contribution in [0.2, 0.25) is 0 Å². The van der Waals surface area contributed by atoms with Crippen molar-refractivity contribution >= 4 is 5.69 Å². The lowest BCUT2D eigenvalue weighted by atomic mass is 10.1. The SMILES string of the molecule is CN(CCc1ccncc1)CC(O)c1ccc(N(C)C)cc1. The van der Waals surface area contributed by atoms with Crippen LogP contribution in [-0.2, 0) is 6.42 Å². The highest BCUT2D eigenvalue weighted by Gasteiger charge is 2.11. The molecule has 0 aliphatic rings. The van der Waals surface area contributed by atoms with Crippen LogP contribution >= 0.6 is 0 Å². The predicted molar refractivity (Wildman–Crippen MR) is 91.2 cm³/mol. The Balaban J connectivity index is 1.84. The van der Waals surface area contributed by atoms with Crippen molar-refractivity contribution in [1.82, 2.24) is 9.88 Å². The van der Waals surface area contributed by atoms with Crippen molar-refractivity contribution in [3.05, 3.63) is 59.9 Å². The van der Waals surface area contributed by atoms with Crippen LogP contribution in [0.5, 0.6) is 0 Å². The molecule has 0 aliphatic heterocycles. The first kappa shape index (κ1) is 16.5. The lowest BCUT2D eigenvalue weighted by Crippen LogP contribution is -2.26. The van der Waals surface area contributed by atoms with Crippen molar-refractivity contribution in [2.45, 2.75) is 12.5 Å². The van der Waals surface area contributed by atoms with Crippen LogP contribution in [0.25, 0.3) is 0 Å². The zero-order chi connectivity index (χ0) is 15.9. The summed E-state index contributed by atoms with van der Waals surface area (Å²) >= 11 is 0. The molecule has 0 fully saturated rings. The highest BCUT2D eigenvalue weighted by molar-refractivity contribution is 5.46. The standard InChI is InChI=1S/C18H25N3O/c1-20(2)17-6-4-16(5-7-17)18(22)14-21(3)13-10-15-8-11-19-12-9-15/h4-9,11-12,18,22H,10,13-14H2,1-3H3. The van der Waals surface area contributed by atoms with E-state index in [0.717, 1.165) is 24.2 Å². The summed E-state index contributed by atoms with van der Waals surface area (Å²) in [5.74, 6) is 0. The molecule has 1 aromatic carbocycles. The van der Waals surface area contributed by atoms with Crippen molar-refractivity contribution in [3.63, 3.8) is 0 Å². The van der Waals surface area contributed by atoms with E-state index in [2.05, 4.69) is 14.8 Å². The van der Waals surface area contributed by atoms with Crippen molar-refractivity contribution in [2.24, 2.45) is 0 Å². The van der Waals surface area contributed by atoms with Crippen LogP contribution in [-0.4, -0.2) is 49.2 Å². The average molecular weight is 299 g/mol. The van der Waals surface area contributed by atoms with Gasteiger partial charge in [-0.2, -0.15) is 0 Å². The third-order valence-electron chi connectivity index (χ3n) is 3.81. The highest BCUT2D eigenvalue weighted by Crippen LogP contribution is 2.18. The number of aromatic nitrogens is 1. The van der Waals surface area contributed by atoms with Gasteiger partial charge < -0.3 is 14.9 Å². The summed E-state index contributed by atoms with van der Waals surface area (Å²) in [6.45, 7) is 1.54. The lowest BCUT2D eigenvalue weighted by molar-refractivity contribution is 0.127. The molecule has 4 heteroatoms. The molecule has 22 heavy (non-hydrogen) atoms. The average Bonchev–Trinajstić information content (AvgIpc) is 2.54. The first-order chi connectivity index (χ1) is 10.6. The molecule has 1 unspecified atom stereocenters. The van der Waals surface area contributed by atoms with Crippen molar-refractivity contribution < 1.29 is 5.11 Å². The normalized spacial score (nSPS) is 12.4. The molecule has 118 valence electrons. The molecule has 0 aliphatic carbocycles. The van der Waals surface area contributed by atoms with E-state index in [1.165, 1.54) is 5.56 Å². The highest BCUT2D eigenvalue weighted by atomic mass is 16.3. The molecule has 0 bridgehead atoms.